The number of carbonyl (C=O) groups excluding carboxylic acids is 1. The lowest BCUT2D eigenvalue weighted by Gasteiger charge is -2.11. The van der Waals surface area contributed by atoms with Crippen LogP contribution in [0.15, 0.2) is 78.9 Å². The van der Waals surface area contributed by atoms with Crippen molar-refractivity contribution in [1.82, 2.24) is 0 Å². The molecule has 126 valence electrons. The predicted molar refractivity (Wildman–Crippen MR) is 101 cm³/mol. The van der Waals surface area contributed by atoms with E-state index in [-0.39, 0.29) is 5.78 Å². The van der Waals surface area contributed by atoms with Crippen molar-refractivity contribution in [2.45, 2.75) is 26.4 Å². The van der Waals surface area contributed by atoms with Crippen LogP contribution in [0.4, 0.5) is 0 Å². The molecule has 0 saturated heterocycles. The summed E-state index contributed by atoms with van der Waals surface area (Å²) in [4.78, 5) is 11.8. The first-order valence-electron chi connectivity index (χ1n) is 8.56. The number of Topliss-reactive ketones (excluding diaryl/α,β-unsaturated/α-hetero) is 1. The molecular weight excluding hydrogens is 308 g/mol. The van der Waals surface area contributed by atoms with Crippen LogP contribution in [0.3, 0.4) is 0 Å². The normalized spacial score (nSPS) is 10.4. The van der Waals surface area contributed by atoms with Crippen molar-refractivity contribution >= 4 is 5.78 Å². The average molecular weight is 330 g/mol. The fourth-order valence-electron chi connectivity index (χ4n) is 2.77. The molecule has 0 unspecified atom stereocenters. The Labute approximate surface area is 149 Å². The third-order valence-corrected chi connectivity index (χ3v) is 4.17. The second-order valence-electron chi connectivity index (χ2n) is 6.18. The monoisotopic (exact) mass is 330 g/mol. The lowest BCUT2D eigenvalue weighted by molar-refractivity contribution is 0.101. The maximum Gasteiger partial charge on any atom is 0.159 e. The molecule has 2 heteroatoms. The number of carbonyl (C=O) groups is 1. The summed E-state index contributed by atoms with van der Waals surface area (Å²) in [6.07, 6.45) is 1.83. The molecule has 0 N–H and O–H groups in total. The van der Waals surface area contributed by atoms with E-state index in [2.05, 4.69) is 24.3 Å². The van der Waals surface area contributed by atoms with Crippen molar-refractivity contribution in [2.24, 2.45) is 0 Å². The second kappa shape index (κ2) is 8.29. The molecule has 0 aromatic heterocycles. The fourth-order valence-corrected chi connectivity index (χ4v) is 2.77. The molecule has 0 spiro atoms. The van der Waals surface area contributed by atoms with Gasteiger partial charge in [-0.15, -0.1) is 0 Å². The summed E-state index contributed by atoms with van der Waals surface area (Å²) in [5.74, 6) is 0.811. The van der Waals surface area contributed by atoms with E-state index >= 15 is 0 Å². The van der Waals surface area contributed by atoms with Crippen LogP contribution >= 0.6 is 0 Å². The van der Waals surface area contributed by atoms with Gasteiger partial charge in [-0.3, -0.25) is 4.79 Å². The van der Waals surface area contributed by atoms with Crippen molar-refractivity contribution < 1.29 is 9.53 Å². The van der Waals surface area contributed by atoms with E-state index in [1.165, 1.54) is 5.56 Å². The molecule has 0 atom stereocenters. The van der Waals surface area contributed by atoms with Gasteiger partial charge >= 0.3 is 0 Å². The van der Waals surface area contributed by atoms with E-state index in [4.69, 9.17) is 4.74 Å². The van der Waals surface area contributed by atoms with Crippen molar-refractivity contribution in [1.29, 1.82) is 0 Å². The Morgan fingerprint density at radius 2 is 1.36 bits per heavy atom. The molecule has 0 aliphatic rings. The maximum absolute atomic E-state index is 11.8. The number of benzene rings is 3. The van der Waals surface area contributed by atoms with Gasteiger partial charge in [0.25, 0.3) is 0 Å². The van der Waals surface area contributed by atoms with Gasteiger partial charge in [-0.2, -0.15) is 0 Å². The quantitative estimate of drug-likeness (QED) is 0.553. The van der Waals surface area contributed by atoms with Crippen LogP contribution in [0.25, 0.3) is 0 Å². The van der Waals surface area contributed by atoms with Gasteiger partial charge in [0.15, 0.2) is 5.78 Å². The molecule has 0 aliphatic heterocycles. The van der Waals surface area contributed by atoms with Crippen LogP contribution in [0.1, 0.15) is 34.0 Å². The summed E-state index contributed by atoms with van der Waals surface area (Å²) in [5, 5.41) is 0. The number of hydrogen-bond acceptors (Lipinski definition) is 2. The maximum atomic E-state index is 11.8. The van der Waals surface area contributed by atoms with Gasteiger partial charge in [-0.1, -0.05) is 60.7 Å². The molecule has 3 aromatic carbocycles. The summed E-state index contributed by atoms with van der Waals surface area (Å²) in [7, 11) is 0. The smallest absolute Gasteiger partial charge is 0.159 e. The first-order chi connectivity index (χ1) is 12.2. The Morgan fingerprint density at radius 3 is 2.00 bits per heavy atom. The third-order valence-electron chi connectivity index (χ3n) is 4.17. The standard InChI is InChI=1S/C23H22O2/c1-18(24)22-14-21(13-12-19-8-4-2-5-9-19)15-23(16-22)25-17-20-10-6-3-7-11-20/h2-11,14-16H,12-13,17H2,1H3. The van der Waals surface area contributed by atoms with E-state index in [0.29, 0.717) is 12.2 Å². The van der Waals surface area contributed by atoms with Gasteiger partial charge in [0.05, 0.1) is 0 Å². The molecule has 0 saturated carbocycles. The SMILES string of the molecule is CC(=O)c1cc(CCc2ccccc2)cc(OCc2ccccc2)c1. The topological polar surface area (TPSA) is 26.3 Å². The summed E-state index contributed by atoms with van der Waals surface area (Å²) in [6.45, 7) is 2.09. The fraction of sp³-hybridized carbons (Fsp3) is 0.174. The van der Waals surface area contributed by atoms with Crippen molar-refractivity contribution in [3.63, 3.8) is 0 Å². The average Bonchev–Trinajstić information content (AvgIpc) is 2.66. The minimum atomic E-state index is 0.0612. The first kappa shape index (κ1) is 17.0. The Morgan fingerprint density at radius 1 is 0.760 bits per heavy atom. The number of ketones is 1. The van der Waals surface area contributed by atoms with Crippen LogP contribution < -0.4 is 4.74 Å². The van der Waals surface area contributed by atoms with Gasteiger partial charge in [-0.25, -0.2) is 0 Å². The molecule has 0 amide bonds. The highest BCUT2D eigenvalue weighted by atomic mass is 16.5. The molecule has 0 bridgehead atoms. The molecule has 0 radical (unpaired) electrons. The molecule has 3 rings (SSSR count). The Balaban J connectivity index is 1.73. The Bertz CT molecular complexity index is 761. The van der Waals surface area contributed by atoms with Crippen molar-refractivity contribution in [3.05, 3.63) is 101 Å². The largest absolute Gasteiger partial charge is 0.489 e. The lowest BCUT2D eigenvalue weighted by atomic mass is 10.0. The molecule has 0 aliphatic carbocycles. The zero-order chi connectivity index (χ0) is 17.5. The van der Waals surface area contributed by atoms with Gasteiger partial charge in [0, 0.05) is 5.56 Å². The molecule has 25 heavy (non-hydrogen) atoms. The van der Waals surface area contributed by atoms with Gasteiger partial charge in [-0.05, 0) is 54.7 Å². The molecule has 2 nitrogen and oxygen atoms in total. The summed E-state index contributed by atoms with van der Waals surface area (Å²) >= 11 is 0. The zero-order valence-corrected chi connectivity index (χ0v) is 14.4. The van der Waals surface area contributed by atoms with E-state index in [1.807, 2.05) is 54.6 Å². The summed E-state index contributed by atoms with van der Waals surface area (Å²) in [6, 6.07) is 26.3. The van der Waals surface area contributed by atoms with E-state index in [1.54, 1.807) is 6.92 Å². The van der Waals surface area contributed by atoms with Crippen LogP contribution in [0, 0.1) is 0 Å². The van der Waals surface area contributed by atoms with Crippen molar-refractivity contribution in [3.8, 4) is 5.75 Å². The number of rotatable bonds is 7. The van der Waals surface area contributed by atoms with E-state index in [0.717, 1.165) is 29.7 Å². The third kappa shape index (κ3) is 5.05. The number of ether oxygens (including phenoxy) is 1. The van der Waals surface area contributed by atoms with Crippen molar-refractivity contribution in [2.75, 3.05) is 0 Å². The highest BCUT2D eigenvalue weighted by Crippen LogP contribution is 2.21. The van der Waals surface area contributed by atoms with E-state index in [9.17, 15) is 4.79 Å². The van der Waals surface area contributed by atoms with E-state index < -0.39 is 0 Å². The Hall–Kier alpha value is -2.87. The second-order valence-corrected chi connectivity index (χ2v) is 6.18. The first-order valence-corrected chi connectivity index (χ1v) is 8.56. The molecule has 0 fully saturated rings. The highest BCUT2D eigenvalue weighted by molar-refractivity contribution is 5.94. The molecule has 3 aromatic rings. The summed E-state index contributed by atoms with van der Waals surface area (Å²) < 4.78 is 5.92. The molecular formula is C23H22O2. The minimum Gasteiger partial charge on any atom is -0.489 e. The zero-order valence-electron chi connectivity index (χ0n) is 14.4. The summed E-state index contributed by atoms with van der Waals surface area (Å²) in [5.41, 5.74) is 4.23. The molecule has 0 heterocycles. The lowest BCUT2D eigenvalue weighted by Crippen LogP contribution is -2.01. The number of hydrogen-bond donors (Lipinski definition) is 0. The highest BCUT2D eigenvalue weighted by Gasteiger charge is 2.07. The Kier molecular flexibility index (Phi) is 5.63. The minimum absolute atomic E-state index is 0.0612. The van der Waals surface area contributed by atoms with Gasteiger partial charge in [0.1, 0.15) is 12.4 Å². The number of aryl methyl sites for hydroxylation is 2. The van der Waals surface area contributed by atoms with Gasteiger partial charge in [0.2, 0.25) is 0 Å². The van der Waals surface area contributed by atoms with Crippen LogP contribution in [0.2, 0.25) is 0 Å². The van der Waals surface area contributed by atoms with Crippen LogP contribution in [0.5, 0.6) is 5.75 Å². The van der Waals surface area contributed by atoms with Gasteiger partial charge < -0.3 is 4.74 Å². The van der Waals surface area contributed by atoms with Crippen LogP contribution in [-0.4, -0.2) is 5.78 Å². The predicted octanol–water partition coefficient (Wildman–Crippen LogP) is 5.25. The van der Waals surface area contributed by atoms with Crippen LogP contribution in [-0.2, 0) is 19.4 Å².